The molecule has 2 aliphatic heterocycles. The van der Waals surface area contributed by atoms with E-state index in [4.69, 9.17) is 0 Å². The molecule has 0 bridgehead atoms. The number of alkyl halides is 6. The molecule has 0 aliphatic carbocycles. The second-order valence-electron chi connectivity index (χ2n) is 7.44. The van der Waals surface area contributed by atoms with Gasteiger partial charge in [-0.3, -0.25) is 4.79 Å². The fourth-order valence-electron chi connectivity index (χ4n) is 3.91. The Morgan fingerprint density at radius 1 is 1.00 bits per heavy atom. The van der Waals surface area contributed by atoms with Crippen molar-refractivity contribution in [1.82, 2.24) is 10.2 Å². The summed E-state index contributed by atoms with van der Waals surface area (Å²) < 4.78 is 81.2. The van der Waals surface area contributed by atoms with E-state index in [0.29, 0.717) is 5.56 Å². The molecule has 11 heteroatoms. The van der Waals surface area contributed by atoms with E-state index >= 15 is 0 Å². The Morgan fingerprint density at radius 2 is 1.60 bits per heavy atom. The monoisotopic (exact) mass is 460 g/mol. The van der Waals surface area contributed by atoms with Gasteiger partial charge >= 0.3 is 12.5 Å². The van der Waals surface area contributed by atoms with Gasteiger partial charge in [-0.05, 0) is 62.4 Å². The lowest BCUT2D eigenvalue weighted by molar-refractivity contribution is -0.274. The molecule has 2 aliphatic rings. The maximum absolute atomic E-state index is 12.9. The number of halogens is 7. The van der Waals surface area contributed by atoms with Crippen molar-refractivity contribution in [2.24, 2.45) is 5.92 Å². The number of ether oxygens (including phenoxy) is 1. The van der Waals surface area contributed by atoms with Crippen LogP contribution in [0.5, 0.6) is 5.75 Å². The van der Waals surface area contributed by atoms with E-state index in [1.54, 1.807) is 6.07 Å². The summed E-state index contributed by atoms with van der Waals surface area (Å²) in [4.78, 5) is 13.9. The van der Waals surface area contributed by atoms with Crippen LogP contribution in [-0.2, 0) is 0 Å². The van der Waals surface area contributed by atoms with E-state index in [1.807, 2.05) is 0 Å². The van der Waals surface area contributed by atoms with Crippen molar-refractivity contribution in [2.45, 2.75) is 44.1 Å². The first kappa shape index (κ1) is 24.6. The number of piperidine rings is 2. The van der Waals surface area contributed by atoms with Crippen LogP contribution in [0.4, 0.5) is 26.3 Å². The molecule has 3 rings (SSSR count). The van der Waals surface area contributed by atoms with Crippen LogP contribution in [0.1, 0.15) is 47.5 Å². The average molecular weight is 461 g/mol. The quantitative estimate of drug-likeness (QED) is 0.653. The Kier molecular flexibility index (Phi) is 7.90. The third-order valence-corrected chi connectivity index (χ3v) is 5.52. The molecule has 2 heterocycles. The first-order valence-corrected chi connectivity index (χ1v) is 9.51. The molecule has 4 nitrogen and oxygen atoms in total. The van der Waals surface area contributed by atoms with E-state index in [2.05, 4.69) is 10.1 Å². The van der Waals surface area contributed by atoms with Gasteiger partial charge in [0.15, 0.2) is 0 Å². The first-order valence-electron chi connectivity index (χ1n) is 9.51. The fourth-order valence-corrected chi connectivity index (χ4v) is 3.91. The summed E-state index contributed by atoms with van der Waals surface area (Å²) in [7, 11) is 0. The number of amides is 1. The van der Waals surface area contributed by atoms with Crippen LogP contribution in [0.2, 0.25) is 0 Å². The van der Waals surface area contributed by atoms with Crippen molar-refractivity contribution in [3.05, 3.63) is 29.3 Å². The van der Waals surface area contributed by atoms with E-state index in [-0.39, 0.29) is 49.8 Å². The topological polar surface area (TPSA) is 41.6 Å². The summed E-state index contributed by atoms with van der Waals surface area (Å²) in [6.07, 6.45) is -8.34. The van der Waals surface area contributed by atoms with Gasteiger partial charge in [-0.15, -0.1) is 25.6 Å². The second kappa shape index (κ2) is 9.64. The average Bonchev–Trinajstić information content (AvgIpc) is 2.66. The molecule has 0 atom stereocenters. The van der Waals surface area contributed by atoms with Crippen LogP contribution in [-0.4, -0.2) is 49.5 Å². The molecule has 1 N–H and O–H groups in total. The number of rotatable bonds is 3. The number of benzene rings is 1. The van der Waals surface area contributed by atoms with Gasteiger partial charge < -0.3 is 15.0 Å². The number of likely N-dealkylation sites (tertiary alicyclic amines) is 1. The lowest BCUT2D eigenvalue weighted by Crippen LogP contribution is -2.42. The highest BCUT2D eigenvalue weighted by Crippen LogP contribution is 2.36. The normalized spacial score (nSPS) is 19.3. The highest BCUT2D eigenvalue weighted by molar-refractivity contribution is 5.97. The predicted octanol–water partition coefficient (Wildman–Crippen LogP) is 4.89. The largest absolute Gasteiger partial charge is 0.573 e. The van der Waals surface area contributed by atoms with Crippen molar-refractivity contribution in [2.75, 3.05) is 26.2 Å². The molecular formula is C19H23ClF6N2O2. The lowest BCUT2D eigenvalue weighted by Gasteiger charge is -2.33. The van der Waals surface area contributed by atoms with Crippen LogP contribution in [0, 0.1) is 5.92 Å². The summed E-state index contributed by atoms with van der Waals surface area (Å²) in [6, 6.07) is 4.13. The summed E-state index contributed by atoms with van der Waals surface area (Å²) in [5.41, 5.74) is 0.364. The maximum atomic E-state index is 12.9. The third-order valence-electron chi connectivity index (χ3n) is 5.52. The molecule has 0 saturated carbocycles. The Bertz CT molecular complexity index is 727. The van der Waals surface area contributed by atoms with Crippen LogP contribution >= 0.6 is 12.4 Å². The maximum Gasteiger partial charge on any atom is 0.573 e. The summed E-state index contributed by atoms with van der Waals surface area (Å²) in [5, 5.41) is 3.17. The molecule has 170 valence electrons. The number of nitrogens with zero attached hydrogens (tertiary/aromatic N) is 1. The van der Waals surface area contributed by atoms with Crippen LogP contribution < -0.4 is 10.1 Å². The van der Waals surface area contributed by atoms with E-state index in [0.717, 1.165) is 30.8 Å². The molecule has 1 aromatic carbocycles. The van der Waals surface area contributed by atoms with Gasteiger partial charge in [-0.2, -0.15) is 13.2 Å². The van der Waals surface area contributed by atoms with Crippen molar-refractivity contribution >= 4 is 18.3 Å². The van der Waals surface area contributed by atoms with Crippen LogP contribution in [0.15, 0.2) is 18.2 Å². The minimum absolute atomic E-state index is 0. The Labute approximate surface area is 176 Å². The Hall–Kier alpha value is -1.68. The fraction of sp³-hybridized carbons (Fsp3) is 0.632. The van der Waals surface area contributed by atoms with Crippen molar-refractivity contribution in [3.8, 4) is 5.75 Å². The molecule has 0 unspecified atom stereocenters. The number of nitrogens with one attached hydrogen (secondary N) is 1. The standard InChI is InChI=1S/C19H22F6N2O2.ClH/c20-18(21,22)14-5-9-27(10-6-14)17(28)15-2-1-13(12-3-7-26-8-4-12)11-16(15)29-19(23,24)25;/h1-2,11-12,14,26H,3-10H2;1H. The highest BCUT2D eigenvalue weighted by atomic mass is 35.5. The molecule has 30 heavy (non-hydrogen) atoms. The number of carbonyl (C=O) groups excluding carboxylic acids is 1. The van der Waals surface area contributed by atoms with E-state index in [9.17, 15) is 31.1 Å². The summed E-state index contributed by atoms with van der Waals surface area (Å²) in [6.45, 7) is 1.17. The number of hydrogen-bond donors (Lipinski definition) is 1. The minimum Gasteiger partial charge on any atom is -0.405 e. The lowest BCUT2D eigenvalue weighted by atomic mass is 9.89. The highest BCUT2D eigenvalue weighted by Gasteiger charge is 2.42. The smallest absolute Gasteiger partial charge is 0.405 e. The molecule has 0 aromatic heterocycles. The molecule has 0 radical (unpaired) electrons. The minimum atomic E-state index is -4.98. The Balaban J connectivity index is 0.00000320. The van der Waals surface area contributed by atoms with Gasteiger partial charge in [-0.25, -0.2) is 0 Å². The van der Waals surface area contributed by atoms with Crippen LogP contribution in [0.3, 0.4) is 0 Å². The Morgan fingerprint density at radius 3 is 2.13 bits per heavy atom. The van der Waals surface area contributed by atoms with E-state index in [1.165, 1.54) is 12.1 Å². The third kappa shape index (κ3) is 6.16. The SMILES string of the molecule is Cl.O=C(c1ccc(C2CCNCC2)cc1OC(F)(F)F)N1CCC(C(F)(F)F)CC1. The summed E-state index contributed by atoms with van der Waals surface area (Å²) >= 11 is 0. The zero-order chi connectivity index (χ0) is 21.2. The number of hydrogen-bond acceptors (Lipinski definition) is 3. The molecule has 2 fully saturated rings. The van der Waals surface area contributed by atoms with Crippen molar-refractivity contribution in [1.29, 1.82) is 0 Å². The van der Waals surface area contributed by atoms with Gasteiger partial charge in [0.1, 0.15) is 5.75 Å². The predicted molar refractivity (Wildman–Crippen MR) is 99.9 cm³/mol. The van der Waals surface area contributed by atoms with Crippen molar-refractivity contribution in [3.63, 3.8) is 0 Å². The van der Waals surface area contributed by atoms with Crippen LogP contribution in [0.25, 0.3) is 0 Å². The molecule has 2 saturated heterocycles. The molecular weight excluding hydrogens is 438 g/mol. The zero-order valence-electron chi connectivity index (χ0n) is 16.0. The van der Waals surface area contributed by atoms with E-state index < -0.39 is 30.1 Å². The second-order valence-corrected chi connectivity index (χ2v) is 7.44. The van der Waals surface area contributed by atoms with Gasteiger partial charge in [0.05, 0.1) is 11.5 Å². The van der Waals surface area contributed by atoms with Gasteiger partial charge in [0.25, 0.3) is 5.91 Å². The first-order chi connectivity index (χ1) is 13.5. The van der Waals surface area contributed by atoms with Crippen molar-refractivity contribution < 1.29 is 35.9 Å². The van der Waals surface area contributed by atoms with Gasteiger partial charge in [0, 0.05) is 13.1 Å². The van der Waals surface area contributed by atoms with Gasteiger partial charge in [0.2, 0.25) is 0 Å². The summed E-state index contributed by atoms with van der Waals surface area (Å²) in [5.74, 6) is -2.79. The van der Waals surface area contributed by atoms with Gasteiger partial charge in [-0.1, -0.05) is 6.07 Å². The number of carbonyl (C=O) groups is 1. The molecule has 1 aromatic rings. The zero-order valence-corrected chi connectivity index (χ0v) is 16.8. The molecule has 0 spiro atoms. The molecule has 1 amide bonds.